The fraction of sp³-hybridized carbons (Fsp3) is 0.214. The molecule has 0 atom stereocenters. The van der Waals surface area contributed by atoms with Gasteiger partial charge in [-0.1, -0.05) is 28.4 Å². The second-order valence-electron chi connectivity index (χ2n) is 4.40. The van der Waals surface area contributed by atoms with Crippen LogP contribution >= 0.6 is 23.2 Å². The van der Waals surface area contributed by atoms with Crippen molar-refractivity contribution in [1.29, 1.82) is 0 Å². The molecule has 1 heterocycles. The van der Waals surface area contributed by atoms with Crippen LogP contribution in [0.25, 0.3) is 0 Å². The summed E-state index contributed by atoms with van der Waals surface area (Å²) in [5.74, 6) is -0.466. The molecule has 116 valence electrons. The van der Waals surface area contributed by atoms with Gasteiger partial charge in [0.1, 0.15) is 24.6 Å². The molecule has 6 nitrogen and oxygen atoms in total. The lowest BCUT2D eigenvalue weighted by molar-refractivity contribution is -0.143. The van der Waals surface area contributed by atoms with Crippen LogP contribution in [0, 0.1) is 6.92 Å². The summed E-state index contributed by atoms with van der Waals surface area (Å²) in [6, 6.07) is 6.11. The monoisotopic (exact) mass is 342 g/mol. The van der Waals surface area contributed by atoms with Crippen LogP contribution in [0.5, 0.6) is 0 Å². The molecule has 0 aliphatic heterocycles. The molecular weight excluding hydrogens is 331 g/mol. The Hall–Kier alpha value is -2.05. The molecule has 0 bridgehead atoms. The minimum atomic E-state index is -0.598. The average molecular weight is 343 g/mol. The quantitative estimate of drug-likeness (QED) is 0.845. The second kappa shape index (κ2) is 7.29. The topological polar surface area (TPSA) is 81.4 Å². The fourth-order valence-corrected chi connectivity index (χ4v) is 2.11. The van der Waals surface area contributed by atoms with Crippen LogP contribution < -0.4 is 5.32 Å². The lowest BCUT2D eigenvalue weighted by Crippen LogP contribution is -2.30. The number of nitrogens with one attached hydrogen (secondary N) is 1. The number of hydrogen-bond acceptors (Lipinski definition) is 5. The summed E-state index contributed by atoms with van der Waals surface area (Å²) in [6.07, 6.45) is 0. The maximum atomic E-state index is 11.9. The number of esters is 1. The zero-order valence-corrected chi connectivity index (χ0v) is 13.1. The number of aryl methyl sites for hydroxylation is 1. The highest BCUT2D eigenvalue weighted by atomic mass is 35.5. The van der Waals surface area contributed by atoms with Gasteiger partial charge < -0.3 is 14.6 Å². The second-order valence-corrected chi connectivity index (χ2v) is 5.24. The van der Waals surface area contributed by atoms with Gasteiger partial charge in [-0.05, 0) is 25.1 Å². The van der Waals surface area contributed by atoms with Crippen molar-refractivity contribution in [3.8, 4) is 0 Å². The molecule has 1 aromatic carbocycles. The number of benzene rings is 1. The predicted octanol–water partition coefficient (Wildman–Crippen LogP) is 2.76. The van der Waals surface area contributed by atoms with E-state index in [1.54, 1.807) is 13.0 Å². The van der Waals surface area contributed by atoms with Crippen molar-refractivity contribution >= 4 is 35.1 Å². The molecule has 0 radical (unpaired) electrons. The van der Waals surface area contributed by atoms with E-state index in [9.17, 15) is 9.59 Å². The maximum absolute atomic E-state index is 11.9. The molecule has 1 N–H and O–H groups in total. The van der Waals surface area contributed by atoms with Crippen molar-refractivity contribution in [3.63, 3.8) is 0 Å². The van der Waals surface area contributed by atoms with E-state index in [1.807, 2.05) is 0 Å². The third-order valence-electron chi connectivity index (χ3n) is 2.63. The normalized spacial score (nSPS) is 10.3. The minimum Gasteiger partial charge on any atom is -0.458 e. The molecule has 0 aliphatic carbocycles. The molecule has 0 saturated heterocycles. The average Bonchev–Trinajstić information content (AvgIpc) is 2.88. The van der Waals surface area contributed by atoms with Crippen molar-refractivity contribution < 1.29 is 18.8 Å². The van der Waals surface area contributed by atoms with Gasteiger partial charge in [-0.25, -0.2) is 0 Å². The van der Waals surface area contributed by atoms with E-state index in [0.717, 1.165) is 0 Å². The summed E-state index contributed by atoms with van der Waals surface area (Å²) >= 11 is 11.6. The van der Waals surface area contributed by atoms with Crippen LogP contribution in [0.3, 0.4) is 0 Å². The number of ether oxygens (including phenoxy) is 1. The molecule has 8 heteroatoms. The Bertz CT molecular complexity index is 700. The Kier molecular flexibility index (Phi) is 5.41. The van der Waals surface area contributed by atoms with Crippen LogP contribution in [0.1, 0.15) is 21.8 Å². The van der Waals surface area contributed by atoms with Crippen molar-refractivity contribution in [2.45, 2.75) is 13.5 Å². The zero-order valence-electron chi connectivity index (χ0n) is 11.6. The van der Waals surface area contributed by atoms with Gasteiger partial charge >= 0.3 is 5.97 Å². The number of hydrogen-bond donors (Lipinski definition) is 1. The first-order valence-corrected chi connectivity index (χ1v) is 7.02. The first-order valence-electron chi connectivity index (χ1n) is 6.27. The molecule has 2 aromatic rings. The Morgan fingerprint density at radius 1 is 1.32 bits per heavy atom. The largest absolute Gasteiger partial charge is 0.458 e. The van der Waals surface area contributed by atoms with Crippen LogP contribution in [0.4, 0.5) is 0 Å². The molecule has 0 unspecified atom stereocenters. The van der Waals surface area contributed by atoms with Gasteiger partial charge in [-0.15, -0.1) is 0 Å². The number of carbonyl (C=O) groups excluding carboxylic acids is 2. The molecule has 1 aromatic heterocycles. The van der Waals surface area contributed by atoms with Crippen molar-refractivity contribution in [2.24, 2.45) is 0 Å². The Morgan fingerprint density at radius 2 is 2.09 bits per heavy atom. The van der Waals surface area contributed by atoms with E-state index in [4.69, 9.17) is 32.5 Å². The highest BCUT2D eigenvalue weighted by Gasteiger charge is 2.13. The third-order valence-corrected chi connectivity index (χ3v) is 3.17. The highest BCUT2D eigenvalue weighted by molar-refractivity contribution is 6.36. The van der Waals surface area contributed by atoms with Gasteiger partial charge in [-0.2, -0.15) is 0 Å². The van der Waals surface area contributed by atoms with Crippen molar-refractivity contribution in [1.82, 2.24) is 10.5 Å². The van der Waals surface area contributed by atoms with Gasteiger partial charge in [0.25, 0.3) is 5.91 Å². The SMILES string of the molecule is Cc1cc(COC(=O)CNC(=O)c2ccc(Cl)cc2Cl)no1. The van der Waals surface area contributed by atoms with Gasteiger partial charge in [0, 0.05) is 11.1 Å². The van der Waals surface area contributed by atoms with Crippen LogP contribution in [-0.4, -0.2) is 23.6 Å². The summed E-state index contributed by atoms with van der Waals surface area (Å²) < 4.78 is 9.79. The summed E-state index contributed by atoms with van der Waals surface area (Å²) in [6.45, 7) is 1.43. The molecular formula is C14H12Cl2N2O4. The molecule has 0 fully saturated rings. The molecule has 0 aliphatic rings. The molecule has 22 heavy (non-hydrogen) atoms. The van der Waals surface area contributed by atoms with Crippen LogP contribution in [0.2, 0.25) is 10.0 Å². The van der Waals surface area contributed by atoms with Gasteiger partial charge in [-0.3, -0.25) is 9.59 Å². The number of rotatable bonds is 5. The van der Waals surface area contributed by atoms with Crippen molar-refractivity contribution in [2.75, 3.05) is 6.54 Å². The van der Waals surface area contributed by atoms with Crippen LogP contribution in [-0.2, 0) is 16.1 Å². The minimum absolute atomic E-state index is 0.0201. The highest BCUT2D eigenvalue weighted by Crippen LogP contribution is 2.20. The van der Waals surface area contributed by atoms with E-state index in [-0.39, 0.29) is 23.7 Å². The smallest absolute Gasteiger partial charge is 0.325 e. The Morgan fingerprint density at radius 3 is 2.73 bits per heavy atom. The number of amides is 1. The van der Waals surface area contributed by atoms with E-state index in [1.165, 1.54) is 18.2 Å². The standard InChI is InChI=1S/C14H12Cl2N2O4/c1-8-4-10(18-22-8)7-21-13(19)6-17-14(20)11-3-2-9(15)5-12(11)16/h2-5H,6-7H2,1H3,(H,17,20). The van der Waals surface area contributed by atoms with E-state index in [2.05, 4.69) is 10.5 Å². The predicted molar refractivity (Wildman–Crippen MR) is 79.8 cm³/mol. The summed E-state index contributed by atoms with van der Waals surface area (Å²) in [4.78, 5) is 23.4. The molecule has 2 rings (SSSR count). The summed E-state index contributed by atoms with van der Waals surface area (Å²) in [5.41, 5.74) is 0.726. The molecule has 0 saturated carbocycles. The number of nitrogens with zero attached hydrogens (tertiary/aromatic N) is 1. The van der Waals surface area contributed by atoms with Gasteiger partial charge in [0.2, 0.25) is 0 Å². The van der Waals surface area contributed by atoms with Crippen LogP contribution in [0.15, 0.2) is 28.8 Å². The van der Waals surface area contributed by atoms with Crippen molar-refractivity contribution in [3.05, 3.63) is 51.3 Å². The maximum Gasteiger partial charge on any atom is 0.325 e. The first kappa shape index (κ1) is 16.3. The summed E-state index contributed by atoms with van der Waals surface area (Å²) in [5, 5.41) is 6.72. The third kappa shape index (κ3) is 4.47. The molecule has 0 spiro atoms. The number of carbonyl (C=O) groups is 2. The molecule has 1 amide bonds. The number of aromatic nitrogens is 1. The lowest BCUT2D eigenvalue weighted by Gasteiger charge is -2.07. The first-order chi connectivity index (χ1) is 10.5. The Labute approximate surface area is 136 Å². The fourth-order valence-electron chi connectivity index (χ4n) is 1.61. The summed E-state index contributed by atoms with van der Waals surface area (Å²) in [7, 11) is 0. The van der Waals surface area contributed by atoms with Gasteiger partial charge in [0.15, 0.2) is 0 Å². The van der Waals surface area contributed by atoms with Gasteiger partial charge in [0.05, 0.1) is 10.6 Å². The zero-order chi connectivity index (χ0) is 16.1. The van der Waals surface area contributed by atoms with E-state index < -0.39 is 11.9 Å². The van der Waals surface area contributed by atoms with E-state index in [0.29, 0.717) is 16.5 Å². The van der Waals surface area contributed by atoms with E-state index >= 15 is 0 Å². The lowest BCUT2D eigenvalue weighted by atomic mass is 10.2. The Balaban J connectivity index is 1.81. The number of halogens is 2.